The first-order valence-corrected chi connectivity index (χ1v) is 10.6. The zero-order valence-electron chi connectivity index (χ0n) is 15.9. The molecule has 3 aromatic rings. The van der Waals surface area contributed by atoms with E-state index in [0.29, 0.717) is 44.1 Å². The van der Waals surface area contributed by atoms with Crippen LogP contribution in [0.1, 0.15) is 5.56 Å². The summed E-state index contributed by atoms with van der Waals surface area (Å²) >= 11 is 0. The minimum absolute atomic E-state index is 0.203. The van der Waals surface area contributed by atoms with E-state index in [9.17, 15) is 13.2 Å². The second-order valence-electron chi connectivity index (χ2n) is 6.82. The molecule has 1 saturated heterocycles. The van der Waals surface area contributed by atoms with Crippen LogP contribution in [-0.4, -0.2) is 55.9 Å². The average Bonchev–Trinajstić information content (AvgIpc) is 2.74. The van der Waals surface area contributed by atoms with Crippen LogP contribution in [0.2, 0.25) is 0 Å². The molecule has 1 aliphatic heterocycles. The van der Waals surface area contributed by atoms with Gasteiger partial charge in [0.2, 0.25) is 10.0 Å². The lowest BCUT2D eigenvalue weighted by molar-refractivity contribution is 0.182. The van der Waals surface area contributed by atoms with E-state index in [-0.39, 0.29) is 4.90 Å². The van der Waals surface area contributed by atoms with Gasteiger partial charge in [-0.3, -0.25) is 9.88 Å². The molecule has 9 heteroatoms. The molecule has 2 aromatic heterocycles. The Morgan fingerprint density at radius 2 is 1.93 bits per heavy atom. The van der Waals surface area contributed by atoms with Crippen LogP contribution in [0.5, 0.6) is 5.75 Å². The van der Waals surface area contributed by atoms with Gasteiger partial charge in [-0.25, -0.2) is 13.2 Å². The van der Waals surface area contributed by atoms with Crippen molar-refractivity contribution in [2.75, 3.05) is 33.3 Å². The minimum Gasteiger partial charge on any atom is -0.497 e. The maximum Gasteiger partial charge on any atom is 0.336 e. The molecule has 3 heterocycles. The molecule has 0 amide bonds. The van der Waals surface area contributed by atoms with Crippen LogP contribution in [0.15, 0.2) is 62.9 Å². The SMILES string of the molecule is COc1ccc2c(CN3CCN(S(=O)(=O)c4cccnc4)CC3)cc(=O)oc2c1. The lowest BCUT2D eigenvalue weighted by Gasteiger charge is -2.34. The Labute approximate surface area is 168 Å². The number of ether oxygens (including phenoxy) is 1. The number of benzene rings is 1. The van der Waals surface area contributed by atoms with E-state index in [4.69, 9.17) is 9.15 Å². The Morgan fingerprint density at radius 1 is 1.14 bits per heavy atom. The van der Waals surface area contributed by atoms with Crippen molar-refractivity contribution in [1.82, 2.24) is 14.2 Å². The van der Waals surface area contributed by atoms with Crippen LogP contribution in [0.25, 0.3) is 11.0 Å². The van der Waals surface area contributed by atoms with Crippen LogP contribution in [0.3, 0.4) is 0 Å². The van der Waals surface area contributed by atoms with E-state index in [2.05, 4.69) is 9.88 Å². The molecular formula is C20H21N3O5S. The fourth-order valence-corrected chi connectivity index (χ4v) is 4.87. The summed E-state index contributed by atoms with van der Waals surface area (Å²) in [6.45, 7) is 2.43. The number of piperazine rings is 1. The van der Waals surface area contributed by atoms with Crippen molar-refractivity contribution >= 4 is 21.0 Å². The number of sulfonamides is 1. The third-order valence-electron chi connectivity index (χ3n) is 5.03. The number of rotatable bonds is 5. The Bertz CT molecular complexity index is 1170. The molecule has 1 fully saturated rings. The zero-order valence-corrected chi connectivity index (χ0v) is 16.8. The van der Waals surface area contributed by atoms with Gasteiger partial charge in [0.05, 0.1) is 7.11 Å². The topological polar surface area (TPSA) is 93.0 Å². The first-order valence-electron chi connectivity index (χ1n) is 9.21. The highest BCUT2D eigenvalue weighted by Crippen LogP contribution is 2.24. The van der Waals surface area contributed by atoms with Crippen molar-refractivity contribution in [3.8, 4) is 5.75 Å². The lowest BCUT2D eigenvalue weighted by atomic mass is 10.1. The molecule has 0 spiro atoms. The van der Waals surface area contributed by atoms with Gasteiger partial charge in [-0.1, -0.05) is 0 Å². The van der Waals surface area contributed by atoms with Crippen molar-refractivity contribution in [3.05, 3.63) is 64.8 Å². The van der Waals surface area contributed by atoms with Gasteiger partial charge in [0.25, 0.3) is 0 Å². The maximum absolute atomic E-state index is 12.7. The smallest absolute Gasteiger partial charge is 0.336 e. The number of fused-ring (bicyclic) bond motifs is 1. The summed E-state index contributed by atoms with van der Waals surface area (Å²) in [7, 11) is -1.98. The molecule has 0 N–H and O–H groups in total. The molecule has 0 saturated carbocycles. The molecule has 0 radical (unpaired) electrons. The fraction of sp³-hybridized carbons (Fsp3) is 0.300. The number of pyridine rings is 1. The van der Waals surface area contributed by atoms with Crippen molar-refractivity contribution in [2.24, 2.45) is 0 Å². The second kappa shape index (κ2) is 7.94. The maximum atomic E-state index is 12.7. The second-order valence-corrected chi connectivity index (χ2v) is 8.76. The fourth-order valence-electron chi connectivity index (χ4n) is 3.49. The Hall–Kier alpha value is -2.75. The van der Waals surface area contributed by atoms with E-state index in [0.717, 1.165) is 10.9 Å². The molecule has 8 nitrogen and oxygen atoms in total. The largest absolute Gasteiger partial charge is 0.497 e. The molecule has 0 aliphatic carbocycles. The summed E-state index contributed by atoms with van der Waals surface area (Å²) < 4.78 is 37.4. The highest BCUT2D eigenvalue weighted by Gasteiger charge is 2.28. The molecule has 0 unspecified atom stereocenters. The van der Waals surface area contributed by atoms with Crippen molar-refractivity contribution in [3.63, 3.8) is 0 Å². The van der Waals surface area contributed by atoms with E-state index >= 15 is 0 Å². The van der Waals surface area contributed by atoms with Crippen molar-refractivity contribution < 1.29 is 17.6 Å². The van der Waals surface area contributed by atoms with Gasteiger partial charge >= 0.3 is 5.63 Å². The van der Waals surface area contributed by atoms with Crippen molar-refractivity contribution in [2.45, 2.75) is 11.4 Å². The molecule has 1 aromatic carbocycles. The molecule has 152 valence electrons. The van der Waals surface area contributed by atoms with Crippen LogP contribution >= 0.6 is 0 Å². The summed E-state index contributed by atoms with van der Waals surface area (Å²) in [5.74, 6) is 0.618. The average molecular weight is 415 g/mol. The zero-order chi connectivity index (χ0) is 20.4. The summed E-state index contributed by atoms with van der Waals surface area (Å²) in [6, 6.07) is 10.1. The van der Waals surface area contributed by atoms with E-state index in [1.165, 1.54) is 16.6 Å². The highest BCUT2D eigenvalue weighted by molar-refractivity contribution is 7.89. The van der Waals surface area contributed by atoms with Gasteiger partial charge in [0, 0.05) is 62.6 Å². The monoisotopic (exact) mass is 415 g/mol. The van der Waals surface area contributed by atoms with Gasteiger partial charge in [0.1, 0.15) is 16.2 Å². The summed E-state index contributed by atoms with van der Waals surface area (Å²) in [4.78, 5) is 18.2. The molecule has 0 bridgehead atoms. The number of methoxy groups -OCH3 is 1. The quantitative estimate of drug-likeness (QED) is 0.586. The van der Waals surface area contributed by atoms with Gasteiger partial charge in [-0.2, -0.15) is 4.31 Å². The molecular weight excluding hydrogens is 394 g/mol. The molecule has 4 rings (SSSR count). The van der Waals surface area contributed by atoms with Crippen LogP contribution < -0.4 is 10.4 Å². The summed E-state index contributed by atoms with van der Waals surface area (Å²) in [5.41, 5.74) is 0.908. The normalized spacial score (nSPS) is 16.2. The van der Waals surface area contributed by atoms with Crippen molar-refractivity contribution in [1.29, 1.82) is 0 Å². The first kappa shape index (κ1) is 19.6. The van der Waals surface area contributed by atoms with E-state index in [1.54, 1.807) is 31.5 Å². The molecule has 29 heavy (non-hydrogen) atoms. The molecule has 1 aliphatic rings. The molecule has 0 atom stereocenters. The lowest BCUT2D eigenvalue weighted by Crippen LogP contribution is -2.48. The number of hydrogen-bond acceptors (Lipinski definition) is 7. The van der Waals surface area contributed by atoms with Gasteiger partial charge in [0.15, 0.2) is 0 Å². The first-order chi connectivity index (χ1) is 14.0. The summed E-state index contributed by atoms with van der Waals surface area (Å²) in [5, 5.41) is 0.843. The predicted octanol–water partition coefficient (Wildman–Crippen LogP) is 1.70. The van der Waals surface area contributed by atoms with Gasteiger partial charge < -0.3 is 9.15 Å². The minimum atomic E-state index is -3.54. The van der Waals surface area contributed by atoms with Crippen LogP contribution in [-0.2, 0) is 16.6 Å². The van der Waals surface area contributed by atoms with E-state index < -0.39 is 15.6 Å². The number of hydrogen-bond donors (Lipinski definition) is 0. The van der Waals surface area contributed by atoms with Gasteiger partial charge in [-0.15, -0.1) is 0 Å². The van der Waals surface area contributed by atoms with E-state index in [1.807, 2.05) is 12.1 Å². The number of aromatic nitrogens is 1. The predicted molar refractivity (Wildman–Crippen MR) is 107 cm³/mol. The Balaban J connectivity index is 1.50. The standard InChI is InChI=1S/C20H21N3O5S/c1-27-16-4-5-18-15(11-20(24)28-19(18)12-16)14-22-7-9-23(10-8-22)29(25,26)17-3-2-6-21-13-17/h2-6,11-13H,7-10,14H2,1H3. The Kier molecular flexibility index (Phi) is 5.35. The number of nitrogens with zero attached hydrogens (tertiary/aromatic N) is 3. The van der Waals surface area contributed by atoms with Gasteiger partial charge in [-0.05, 0) is 29.8 Å². The van der Waals surface area contributed by atoms with Crippen LogP contribution in [0, 0.1) is 0 Å². The third kappa shape index (κ3) is 4.02. The Morgan fingerprint density at radius 3 is 2.62 bits per heavy atom. The van der Waals surface area contributed by atoms with Crippen LogP contribution in [0.4, 0.5) is 0 Å². The highest BCUT2D eigenvalue weighted by atomic mass is 32.2. The summed E-state index contributed by atoms with van der Waals surface area (Å²) in [6.07, 6.45) is 2.92. The third-order valence-corrected chi connectivity index (χ3v) is 6.92.